The third kappa shape index (κ3) is 2.50. The van der Waals surface area contributed by atoms with Crippen molar-refractivity contribution in [2.24, 2.45) is 0 Å². The van der Waals surface area contributed by atoms with E-state index in [1.165, 1.54) is 0 Å². The lowest BCUT2D eigenvalue weighted by molar-refractivity contribution is -0.00544. The predicted molar refractivity (Wildman–Crippen MR) is 66.4 cm³/mol. The van der Waals surface area contributed by atoms with Crippen molar-refractivity contribution in [3.63, 3.8) is 0 Å². The van der Waals surface area contributed by atoms with E-state index in [0.29, 0.717) is 12.1 Å². The van der Waals surface area contributed by atoms with Crippen molar-refractivity contribution in [2.45, 2.75) is 6.42 Å². The first-order valence-corrected chi connectivity index (χ1v) is 5.33. The number of nitrogens with zero attached hydrogens (tertiary/aromatic N) is 3. The predicted octanol–water partition coefficient (Wildman–Crippen LogP) is 2.57. The molecule has 0 heterocycles. The van der Waals surface area contributed by atoms with Gasteiger partial charge < -0.3 is 5.53 Å². The number of rotatable bonds is 3. The van der Waals surface area contributed by atoms with Gasteiger partial charge in [-0.25, -0.2) is 5.06 Å². The van der Waals surface area contributed by atoms with Crippen LogP contribution in [0.3, 0.4) is 0 Å². The Morgan fingerprint density at radius 3 is 2.53 bits per heavy atom. The molecule has 0 saturated carbocycles. The number of benzene rings is 1. The molecular weight excluding hydrogens is 214 g/mol. The Balaban J connectivity index is 2.25. The van der Waals surface area contributed by atoms with Crippen molar-refractivity contribution in [1.29, 1.82) is 0 Å². The molecule has 0 bridgehead atoms. The summed E-state index contributed by atoms with van der Waals surface area (Å²) in [6.45, 7) is 0. The van der Waals surface area contributed by atoms with Crippen LogP contribution in [0.2, 0.25) is 0 Å². The Morgan fingerprint density at radius 2 is 2.00 bits per heavy atom. The lowest BCUT2D eigenvalue weighted by Crippen LogP contribution is -2.21. The molecule has 4 nitrogen and oxygen atoms in total. The molecule has 1 aromatic rings. The van der Waals surface area contributed by atoms with E-state index in [2.05, 4.69) is 4.79 Å². The molecule has 86 valence electrons. The van der Waals surface area contributed by atoms with Crippen LogP contribution in [0.1, 0.15) is 6.42 Å². The SMILES string of the molecule is CON(C1=CCC(=[N+]=[N-])C=C1)c1ccccc1. The third-order valence-electron chi connectivity index (χ3n) is 2.50. The van der Waals surface area contributed by atoms with Crippen LogP contribution in [0.5, 0.6) is 0 Å². The van der Waals surface area contributed by atoms with Gasteiger partial charge in [-0.3, -0.25) is 4.84 Å². The molecule has 0 spiro atoms. The van der Waals surface area contributed by atoms with Gasteiger partial charge in [0.15, 0.2) is 0 Å². The van der Waals surface area contributed by atoms with Crippen molar-refractivity contribution in [3.05, 3.63) is 59.8 Å². The molecule has 0 saturated heterocycles. The van der Waals surface area contributed by atoms with Crippen molar-refractivity contribution in [2.75, 3.05) is 12.2 Å². The fraction of sp³-hybridized carbons (Fsp3) is 0.154. The molecule has 4 heteroatoms. The Kier molecular flexibility index (Phi) is 3.50. The van der Waals surface area contributed by atoms with Gasteiger partial charge in [0.2, 0.25) is 0 Å². The summed E-state index contributed by atoms with van der Waals surface area (Å²) in [5.41, 5.74) is 11.2. The highest BCUT2D eigenvalue weighted by atomic mass is 16.7. The molecule has 0 radical (unpaired) electrons. The normalized spacial score (nSPS) is 14.2. The van der Waals surface area contributed by atoms with Crippen LogP contribution in [-0.4, -0.2) is 17.6 Å². The number of hydrogen-bond acceptors (Lipinski definition) is 2. The fourth-order valence-electron chi connectivity index (χ4n) is 1.67. The van der Waals surface area contributed by atoms with E-state index in [4.69, 9.17) is 10.4 Å². The van der Waals surface area contributed by atoms with Gasteiger partial charge in [-0.2, -0.15) is 4.79 Å². The minimum absolute atomic E-state index is 0.592. The van der Waals surface area contributed by atoms with Crippen molar-refractivity contribution < 1.29 is 9.63 Å². The maximum absolute atomic E-state index is 8.65. The highest BCUT2D eigenvalue weighted by Crippen LogP contribution is 2.21. The van der Waals surface area contributed by atoms with Gasteiger partial charge in [0.05, 0.1) is 24.9 Å². The van der Waals surface area contributed by atoms with Crippen LogP contribution in [0.25, 0.3) is 5.53 Å². The molecule has 0 aromatic heterocycles. The van der Waals surface area contributed by atoms with Crippen molar-refractivity contribution in [1.82, 2.24) is 0 Å². The molecule has 0 amide bonds. The highest BCUT2D eigenvalue weighted by molar-refractivity contribution is 5.93. The number of allylic oxidation sites excluding steroid dienone is 3. The van der Waals surface area contributed by atoms with Crippen LogP contribution in [0, 0.1) is 0 Å². The lowest BCUT2D eigenvalue weighted by Gasteiger charge is -2.23. The molecule has 17 heavy (non-hydrogen) atoms. The zero-order valence-electron chi connectivity index (χ0n) is 9.58. The first-order valence-electron chi connectivity index (χ1n) is 5.33. The molecule has 0 unspecified atom stereocenters. The standard InChI is InChI=1S/C13H13N3O/c1-17-16(12-5-3-2-4-6-12)13-9-7-11(15-14)8-10-13/h2-7,9-10H,8H2,1H3. The second-order valence-corrected chi connectivity index (χ2v) is 3.57. The quantitative estimate of drug-likeness (QED) is 0.452. The second-order valence-electron chi connectivity index (χ2n) is 3.57. The summed E-state index contributed by atoms with van der Waals surface area (Å²) in [6.07, 6.45) is 6.17. The number of hydrogen-bond donors (Lipinski definition) is 0. The molecule has 1 aromatic carbocycles. The van der Waals surface area contributed by atoms with Gasteiger partial charge in [0.1, 0.15) is 0 Å². The molecule has 2 rings (SSSR count). The minimum Gasteiger partial charge on any atom is -0.361 e. The van der Waals surface area contributed by atoms with Crippen molar-refractivity contribution in [3.8, 4) is 0 Å². The van der Waals surface area contributed by atoms with E-state index < -0.39 is 0 Å². The summed E-state index contributed by atoms with van der Waals surface area (Å²) in [7, 11) is 1.62. The van der Waals surface area contributed by atoms with Gasteiger partial charge in [0, 0.05) is 6.08 Å². The van der Waals surface area contributed by atoms with Gasteiger partial charge in [-0.1, -0.05) is 18.2 Å². The molecule has 1 aliphatic carbocycles. The maximum Gasteiger partial charge on any atom is 0.295 e. The Hall–Kier alpha value is -2.16. The average molecular weight is 227 g/mol. The summed E-state index contributed by atoms with van der Waals surface area (Å²) >= 11 is 0. The number of para-hydroxylation sites is 1. The average Bonchev–Trinajstić information content (AvgIpc) is 2.42. The monoisotopic (exact) mass is 227 g/mol. The molecule has 1 aliphatic rings. The number of anilines is 1. The third-order valence-corrected chi connectivity index (χ3v) is 2.50. The van der Waals surface area contributed by atoms with E-state index in [1.54, 1.807) is 18.2 Å². The molecule has 0 fully saturated rings. The topological polar surface area (TPSA) is 48.9 Å². The molecule has 0 N–H and O–H groups in total. The van der Waals surface area contributed by atoms with Crippen LogP contribution >= 0.6 is 0 Å². The summed E-state index contributed by atoms with van der Waals surface area (Å²) in [4.78, 5) is 8.52. The highest BCUT2D eigenvalue weighted by Gasteiger charge is 2.14. The zero-order valence-corrected chi connectivity index (χ0v) is 9.58. The maximum atomic E-state index is 8.65. The van der Waals surface area contributed by atoms with Crippen LogP contribution in [-0.2, 0) is 4.84 Å². The van der Waals surface area contributed by atoms with Gasteiger partial charge in [-0.05, 0) is 24.3 Å². The van der Waals surface area contributed by atoms with E-state index in [9.17, 15) is 0 Å². The van der Waals surface area contributed by atoms with E-state index >= 15 is 0 Å². The van der Waals surface area contributed by atoms with Crippen LogP contribution in [0.4, 0.5) is 5.69 Å². The Bertz CT molecular complexity index is 499. The zero-order chi connectivity index (χ0) is 12.1. The van der Waals surface area contributed by atoms with Gasteiger partial charge >= 0.3 is 0 Å². The smallest absolute Gasteiger partial charge is 0.295 e. The largest absolute Gasteiger partial charge is 0.361 e. The summed E-state index contributed by atoms with van der Waals surface area (Å²) in [6, 6.07) is 9.80. The van der Waals surface area contributed by atoms with Crippen LogP contribution in [0.15, 0.2) is 54.3 Å². The van der Waals surface area contributed by atoms with E-state index in [1.807, 2.05) is 42.5 Å². The van der Waals surface area contributed by atoms with Gasteiger partial charge in [-0.15, -0.1) is 0 Å². The minimum atomic E-state index is 0.592. The van der Waals surface area contributed by atoms with E-state index in [0.717, 1.165) is 11.4 Å². The second kappa shape index (κ2) is 5.25. The first-order chi connectivity index (χ1) is 8.35. The summed E-state index contributed by atoms with van der Waals surface area (Å²) < 4.78 is 0. The molecular formula is C13H13N3O. The van der Waals surface area contributed by atoms with E-state index in [-0.39, 0.29) is 0 Å². The Morgan fingerprint density at radius 1 is 1.24 bits per heavy atom. The van der Waals surface area contributed by atoms with Crippen molar-refractivity contribution >= 4 is 11.4 Å². The van der Waals surface area contributed by atoms with Gasteiger partial charge in [0.25, 0.3) is 5.71 Å². The summed E-state index contributed by atoms with van der Waals surface area (Å²) in [5.74, 6) is 0. The first kappa shape index (κ1) is 11.3. The lowest BCUT2D eigenvalue weighted by atomic mass is 10.1. The molecule has 0 atom stereocenters. The number of hydroxylamine groups is 1. The summed E-state index contributed by atoms with van der Waals surface area (Å²) in [5, 5.41) is 1.73. The Labute approximate surface area is 100 Å². The van der Waals surface area contributed by atoms with Crippen LogP contribution < -0.4 is 5.06 Å². The fourth-order valence-corrected chi connectivity index (χ4v) is 1.67. The molecule has 0 aliphatic heterocycles.